The molecular formula is C10H11F6O5P. The molecule has 0 bridgehead atoms. The van der Waals surface area contributed by atoms with Gasteiger partial charge in [0.1, 0.15) is 6.16 Å². The molecule has 0 saturated carbocycles. The van der Waals surface area contributed by atoms with Crippen LogP contribution < -0.4 is 0 Å². The quantitative estimate of drug-likeness (QED) is 0.275. The lowest BCUT2D eigenvalue weighted by Gasteiger charge is -2.24. The molecule has 0 N–H and O–H groups in total. The predicted octanol–water partition coefficient (Wildman–Crippen LogP) is 2.90. The number of terminal acetylenes is 1. The third-order valence-corrected chi connectivity index (χ3v) is 3.46. The summed E-state index contributed by atoms with van der Waals surface area (Å²) in [6.45, 7) is -3.94. The van der Waals surface area contributed by atoms with Crippen molar-refractivity contribution < 1.29 is 49.5 Å². The molecular weight excluding hydrogens is 345 g/mol. The molecule has 22 heavy (non-hydrogen) atoms. The van der Waals surface area contributed by atoms with Gasteiger partial charge >= 0.3 is 25.8 Å². The Bertz CT molecular complexity index is 455. The average Bonchev–Trinajstić information content (AvgIpc) is 2.36. The fraction of sp³-hybridized carbons (Fsp3) is 0.700. The van der Waals surface area contributed by atoms with Gasteiger partial charge in [0, 0.05) is 0 Å². The minimum absolute atomic E-state index is 1.15. The van der Waals surface area contributed by atoms with Gasteiger partial charge in [0.2, 0.25) is 0 Å². The molecule has 0 fully saturated rings. The molecule has 1 unspecified atom stereocenters. The number of hydrogen-bond donors (Lipinski definition) is 0. The topological polar surface area (TPSA) is 61.8 Å². The van der Waals surface area contributed by atoms with E-state index in [2.05, 4.69) is 13.8 Å². The summed E-state index contributed by atoms with van der Waals surface area (Å²) in [4.78, 5) is 11.2. The van der Waals surface area contributed by atoms with E-state index in [1.165, 1.54) is 0 Å². The summed E-state index contributed by atoms with van der Waals surface area (Å²) < 4.78 is 97.6. The van der Waals surface area contributed by atoms with E-state index in [1.54, 1.807) is 0 Å². The van der Waals surface area contributed by atoms with Gasteiger partial charge in [-0.25, -0.2) is 17.8 Å². The Morgan fingerprint density at radius 2 is 1.59 bits per heavy atom. The molecule has 0 spiro atoms. The van der Waals surface area contributed by atoms with Crippen molar-refractivity contribution in [1.82, 2.24) is 0 Å². The maximum Gasteiger partial charge on any atom is 0.390 e. The highest BCUT2D eigenvalue weighted by Gasteiger charge is 2.49. The molecule has 0 rings (SSSR count). The molecule has 128 valence electrons. The number of ether oxygens (including phenoxy) is 1. The summed E-state index contributed by atoms with van der Waals surface area (Å²) in [7, 11) is -5.64. The Kier molecular flexibility index (Phi) is 7.41. The molecule has 0 aromatic heterocycles. The first-order valence-corrected chi connectivity index (χ1v) is 7.15. The van der Waals surface area contributed by atoms with Crippen molar-refractivity contribution in [2.24, 2.45) is 0 Å². The maximum atomic E-state index is 12.7. The summed E-state index contributed by atoms with van der Waals surface area (Å²) >= 11 is 0. The lowest BCUT2D eigenvalue weighted by atomic mass is 10.4. The monoisotopic (exact) mass is 356 g/mol. The SMILES string of the molecule is C#CC(C)OC(=O)CP(=O)(OC(F)(F)CF)OC(F)(F)CF. The standard InChI is InChI=1S/C10H11F6O5P/c1-3-7(2)19-8(17)4-22(18,20-9(13,14)5-11)21-10(15,16)6-12/h1,7H,4-6H2,2H3. The predicted molar refractivity (Wildman–Crippen MR) is 60.9 cm³/mol. The van der Waals surface area contributed by atoms with Gasteiger partial charge < -0.3 is 4.74 Å². The molecule has 0 amide bonds. The number of rotatable bonds is 9. The molecule has 0 aromatic rings. The number of esters is 1. The van der Waals surface area contributed by atoms with E-state index in [9.17, 15) is 35.7 Å². The summed E-state index contributed by atoms with van der Waals surface area (Å²) in [6, 6.07) is 0. The van der Waals surface area contributed by atoms with E-state index in [4.69, 9.17) is 6.42 Å². The van der Waals surface area contributed by atoms with Gasteiger partial charge in [-0.3, -0.25) is 9.36 Å². The first-order valence-electron chi connectivity index (χ1n) is 5.42. The third-order valence-electron chi connectivity index (χ3n) is 1.72. The molecule has 0 aliphatic carbocycles. The molecule has 0 aromatic carbocycles. The minimum atomic E-state index is -5.64. The van der Waals surface area contributed by atoms with E-state index in [-0.39, 0.29) is 0 Å². The molecule has 0 aliphatic heterocycles. The molecule has 1 atom stereocenters. The smallest absolute Gasteiger partial charge is 0.390 e. The van der Waals surface area contributed by atoms with Crippen LogP contribution in [-0.2, 0) is 23.1 Å². The number of hydrogen-bond acceptors (Lipinski definition) is 5. The van der Waals surface area contributed by atoms with Gasteiger partial charge in [0.05, 0.1) is 0 Å². The Hall–Kier alpha value is -1.24. The first-order chi connectivity index (χ1) is 9.88. The van der Waals surface area contributed by atoms with Crippen LogP contribution in [0.3, 0.4) is 0 Å². The normalized spacial score (nSPS) is 14.3. The highest BCUT2D eigenvalue weighted by Crippen LogP contribution is 2.55. The zero-order valence-corrected chi connectivity index (χ0v) is 11.9. The van der Waals surface area contributed by atoms with Crippen LogP contribution in [0, 0.1) is 12.3 Å². The Morgan fingerprint density at radius 3 is 1.91 bits per heavy atom. The molecule has 5 nitrogen and oxygen atoms in total. The minimum Gasteiger partial charge on any atom is -0.449 e. The van der Waals surface area contributed by atoms with Crippen LogP contribution in [0.5, 0.6) is 0 Å². The van der Waals surface area contributed by atoms with Crippen LogP contribution in [0.15, 0.2) is 0 Å². The van der Waals surface area contributed by atoms with Crippen molar-refractivity contribution in [3.8, 4) is 12.3 Å². The van der Waals surface area contributed by atoms with Gasteiger partial charge in [0.25, 0.3) is 0 Å². The molecule has 0 heterocycles. The van der Waals surface area contributed by atoms with Crippen LogP contribution in [-0.4, -0.2) is 43.8 Å². The highest BCUT2D eigenvalue weighted by atomic mass is 31.2. The van der Waals surface area contributed by atoms with Gasteiger partial charge in [-0.1, -0.05) is 5.92 Å². The van der Waals surface area contributed by atoms with Gasteiger partial charge in [-0.2, -0.15) is 17.6 Å². The molecule has 0 radical (unpaired) electrons. The lowest BCUT2D eigenvalue weighted by Crippen LogP contribution is -2.30. The Morgan fingerprint density at radius 1 is 1.18 bits per heavy atom. The van der Waals surface area contributed by atoms with E-state index < -0.39 is 51.4 Å². The Labute approximate surface area is 121 Å². The fourth-order valence-electron chi connectivity index (χ4n) is 0.966. The highest BCUT2D eigenvalue weighted by molar-refractivity contribution is 7.54. The molecule has 12 heteroatoms. The van der Waals surface area contributed by atoms with E-state index in [1.807, 2.05) is 5.92 Å². The molecule has 0 saturated heterocycles. The van der Waals surface area contributed by atoms with E-state index in [0.717, 1.165) is 6.92 Å². The molecule has 0 aliphatic rings. The van der Waals surface area contributed by atoms with Gasteiger partial charge in [-0.05, 0) is 6.92 Å². The second-order valence-corrected chi connectivity index (χ2v) is 5.70. The second kappa shape index (κ2) is 7.85. The number of carbonyl (C=O) groups is 1. The Balaban J connectivity index is 5.22. The zero-order chi connectivity index (χ0) is 17.6. The largest absolute Gasteiger partial charge is 0.449 e. The van der Waals surface area contributed by atoms with Crippen LogP contribution in [0.2, 0.25) is 0 Å². The average molecular weight is 356 g/mol. The lowest BCUT2D eigenvalue weighted by molar-refractivity contribution is -0.224. The van der Waals surface area contributed by atoms with Gasteiger partial charge in [0.15, 0.2) is 19.5 Å². The second-order valence-electron chi connectivity index (χ2n) is 3.79. The first kappa shape index (κ1) is 20.8. The van der Waals surface area contributed by atoms with E-state index in [0.29, 0.717) is 0 Å². The van der Waals surface area contributed by atoms with Crippen LogP contribution in [0.1, 0.15) is 6.92 Å². The van der Waals surface area contributed by atoms with Crippen molar-refractivity contribution in [2.75, 3.05) is 19.5 Å². The van der Waals surface area contributed by atoms with Crippen molar-refractivity contribution >= 4 is 13.6 Å². The van der Waals surface area contributed by atoms with Gasteiger partial charge in [-0.15, -0.1) is 6.42 Å². The van der Waals surface area contributed by atoms with Crippen molar-refractivity contribution in [2.45, 2.75) is 25.2 Å². The summed E-state index contributed by atoms with van der Waals surface area (Å²) in [5, 5.41) is 0. The third kappa shape index (κ3) is 7.68. The summed E-state index contributed by atoms with van der Waals surface area (Å²) in [5.74, 6) is 0.271. The van der Waals surface area contributed by atoms with Crippen molar-refractivity contribution in [3.05, 3.63) is 0 Å². The fourth-order valence-corrected chi connectivity index (χ4v) is 2.43. The number of alkyl halides is 6. The zero-order valence-electron chi connectivity index (χ0n) is 11.0. The summed E-state index contributed by atoms with van der Waals surface area (Å²) in [6.07, 6.45) is -7.70. The summed E-state index contributed by atoms with van der Waals surface area (Å²) in [5.41, 5.74) is 0. The van der Waals surface area contributed by atoms with Crippen molar-refractivity contribution in [3.63, 3.8) is 0 Å². The van der Waals surface area contributed by atoms with Crippen LogP contribution in [0.25, 0.3) is 0 Å². The van der Waals surface area contributed by atoms with Crippen LogP contribution in [0.4, 0.5) is 26.3 Å². The maximum absolute atomic E-state index is 12.7. The van der Waals surface area contributed by atoms with E-state index >= 15 is 0 Å². The number of carbonyl (C=O) groups excluding carboxylic acids is 1. The van der Waals surface area contributed by atoms with Crippen molar-refractivity contribution in [1.29, 1.82) is 0 Å². The van der Waals surface area contributed by atoms with Crippen LogP contribution >= 0.6 is 7.60 Å². The number of halogens is 6.